The first-order valence-corrected chi connectivity index (χ1v) is 32.0. The van der Waals surface area contributed by atoms with Crippen LogP contribution in [0, 0.1) is 23.3 Å². The standard InChI is InChI=1S/C70H58Cl2F4N14O7/c1-93-23-21-87-61-27-39(17-19-55(61)79-65(87)29-41-25-51(75)45(31-49(41)73)53-11-7-15-67(81-53)95-37-43-35-77-63(33-47(43)71)89-59-13-5-3-9-57(59)83-85-89)69(91)97-70(92)40-18-20-56-62(28-40)88(22-24-94-2)66(80-56)30-42-26-52(76)46(32-50(42)74)54-12-8-16-68(82-54)96-38-44-36-78-64(34-48(44)72)90-60-14-6-4-10-58(60)84-86-90/h7-8,11-12,15-20,25-28,31-36H,3-6,9-10,13-14,21-24,29-30,37-38H2,1-2H3. The number of rotatable bonds is 22. The minimum absolute atomic E-state index is 0.00148. The molecule has 492 valence electrons. The molecule has 8 aromatic heterocycles. The first-order valence-electron chi connectivity index (χ1n) is 31.3. The van der Waals surface area contributed by atoms with Crippen LogP contribution in [-0.2, 0) is 79.0 Å². The fourth-order valence-corrected chi connectivity index (χ4v) is 12.5. The van der Waals surface area contributed by atoms with Crippen molar-refractivity contribution in [3.63, 3.8) is 0 Å². The monoisotopic (exact) mass is 1350 g/mol. The molecule has 0 radical (unpaired) electrons. The third kappa shape index (κ3) is 13.4. The summed E-state index contributed by atoms with van der Waals surface area (Å²) in [4.78, 5) is 55.2. The Hall–Kier alpha value is -10.3. The van der Waals surface area contributed by atoms with Gasteiger partial charge in [-0.2, -0.15) is 9.36 Å². The van der Waals surface area contributed by atoms with E-state index in [0.29, 0.717) is 66.5 Å². The van der Waals surface area contributed by atoms with Crippen LogP contribution in [0.25, 0.3) is 56.2 Å². The zero-order valence-electron chi connectivity index (χ0n) is 52.2. The number of carbonyl (C=O) groups excluding carboxylic acids is 2. The third-order valence-electron chi connectivity index (χ3n) is 17.2. The summed E-state index contributed by atoms with van der Waals surface area (Å²) in [5, 5.41) is 18.0. The quantitative estimate of drug-likeness (QED) is 0.0349. The molecule has 14 rings (SSSR count). The van der Waals surface area contributed by atoms with Gasteiger partial charge in [0.15, 0.2) is 11.6 Å². The van der Waals surface area contributed by atoms with Gasteiger partial charge in [-0.15, -0.1) is 10.2 Å². The highest BCUT2D eigenvalue weighted by Gasteiger charge is 2.26. The Bertz CT molecular complexity index is 4730. The van der Waals surface area contributed by atoms with Gasteiger partial charge in [0.1, 0.15) is 48.1 Å². The van der Waals surface area contributed by atoms with Crippen LogP contribution in [0.15, 0.2) is 122 Å². The Morgan fingerprint density at radius 1 is 0.505 bits per heavy atom. The van der Waals surface area contributed by atoms with Gasteiger partial charge in [-0.05, 0) is 135 Å². The van der Waals surface area contributed by atoms with Crippen molar-refractivity contribution >= 4 is 57.2 Å². The van der Waals surface area contributed by atoms with E-state index in [9.17, 15) is 9.59 Å². The molecule has 0 unspecified atom stereocenters. The van der Waals surface area contributed by atoms with Gasteiger partial charge in [0.05, 0.1) is 90.6 Å². The van der Waals surface area contributed by atoms with E-state index in [2.05, 4.69) is 40.6 Å². The number of imidazole rings is 2. The molecule has 8 heterocycles. The molecule has 27 heteroatoms. The molecule has 2 aliphatic carbocycles. The van der Waals surface area contributed by atoms with Crippen LogP contribution in [0.5, 0.6) is 11.8 Å². The van der Waals surface area contributed by atoms with Gasteiger partial charge in [0, 0.05) is 99.1 Å². The number of ether oxygens (including phenoxy) is 5. The zero-order chi connectivity index (χ0) is 66.8. The number of nitrogens with zero attached hydrogens (tertiary/aromatic N) is 14. The molecule has 0 fully saturated rings. The van der Waals surface area contributed by atoms with Gasteiger partial charge < -0.3 is 32.8 Å². The van der Waals surface area contributed by atoms with Gasteiger partial charge in [0.25, 0.3) is 0 Å². The molecule has 2 aliphatic rings. The van der Waals surface area contributed by atoms with Gasteiger partial charge in [-0.1, -0.05) is 45.8 Å². The molecule has 0 aliphatic heterocycles. The molecular formula is C70H58Cl2F4N14O7. The molecule has 0 saturated carbocycles. The van der Waals surface area contributed by atoms with Gasteiger partial charge >= 0.3 is 11.9 Å². The lowest BCUT2D eigenvalue weighted by atomic mass is 10.0. The van der Waals surface area contributed by atoms with Gasteiger partial charge in [-0.25, -0.2) is 57.1 Å². The molecule has 97 heavy (non-hydrogen) atoms. The first kappa shape index (κ1) is 64.0. The summed E-state index contributed by atoms with van der Waals surface area (Å²) in [5.74, 6) is -2.84. The largest absolute Gasteiger partial charge is 0.473 e. The van der Waals surface area contributed by atoms with Crippen molar-refractivity contribution in [2.45, 2.75) is 90.5 Å². The fourth-order valence-electron chi connectivity index (χ4n) is 12.1. The minimum atomic E-state index is -0.980. The maximum atomic E-state index is 16.2. The number of pyridine rings is 4. The average Bonchev–Trinajstić information content (AvgIpc) is 1.72. The smallest absolute Gasteiger partial charge is 0.346 e. The van der Waals surface area contributed by atoms with Crippen LogP contribution in [0.2, 0.25) is 10.0 Å². The molecular weight excluding hydrogens is 1300 g/mol. The summed E-state index contributed by atoms with van der Waals surface area (Å²) < 4.78 is 99.8. The number of esters is 2. The van der Waals surface area contributed by atoms with Crippen LogP contribution < -0.4 is 9.47 Å². The molecule has 4 aromatic carbocycles. The molecule has 12 aromatic rings. The Kier molecular flexibility index (Phi) is 18.3. The molecule has 0 saturated heterocycles. The van der Waals surface area contributed by atoms with Crippen LogP contribution in [0.1, 0.15) is 103 Å². The summed E-state index contributed by atoms with van der Waals surface area (Å²) in [6, 6.07) is 26.2. The highest BCUT2D eigenvalue weighted by atomic mass is 35.5. The molecule has 0 N–H and O–H groups in total. The number of methoxy groups -OCH3 is 2. The summed E-state index contributed by atoms with van der Waals surface area (Å²) in [7, 11) is 3.02. The molecule has 0 atom stereocenters. The van der Waals surface area contributed by atoms with Crippen LogP contribution in [-0.4, -0.2) is 108 Å². The van der Waals surface area contributed by atoms with Crippen LogP contribution in [0.4, 0.5) is 17.6 Å². The van der Waals surface area contributed by atoms with Crippen molar-refractivity contribution in [2.24, 2.45) is 0 Å². The Balaban J connectivity index is 0.634. The normalized spacial score (nSPS) is 12.9. The van der Waals surface area contributed by atoms with Crippen molar-refractivity contribution in [2.75, 3.05) is 27.4 Å². The fraction of sp³-hybridized carbons (Fsp3) is 0.257. The maximum absolute atomic E-state index is 16.2. The first-order chi connectivity index (χ1) is 47.2. The van der Waals surface area contributed by atoms with Gasteiger partial charge in [0.2, 0.25) is 11.8 Å². The molecule has 0 bridgehead atoms. The average molecular weight is 1350 g/mol. The van der Waals surface area contributed by atoms with Crippen molar-refractivity contribution in [1.82, 2.24) is 69.0 Å². The second-order valence-electron chi connectivity index (χ2n) is 23.4. The number of hydrogen-bond acceptors (Lipinski definition) is 17. The van der Waals surface area contributed by atoms with E-state index < -0.39 is 35.2 Å². The van der Waals surface area contributed by atoms with Crippen molar-refractivity contribution < 1.29 is 50.8 Å². The van der Waals surface area contributed by atoms with Crippen molar-refractivity contribution in [1.29, 1.82) is 0 Å². The number of benzene rings is 4. The summed E-state index contributed by atoms with van der Waals surface area (Å²) in [5.41, 5.74) is 6.90. The topological polar surface area (TPSA) is 229 Å². The zero-order valence-corrected chi connectivity index (χ0v) is 53.8. The number of carbonyl (C=O) groups is 2. The lowest BCUT2D eigenvalue weighted by Gasteiger charge is -2.13. The number of fused-ring (bicyclic) bond motifs is 4. The predicted molar refractivity (Wildman–Crippen MR) is 348 cm³/mol. The van der Waals surface area contributed by atoms with E-state index >= 15 is 17.6 Å². The SMILES string of the molecule is COCCn1c(Cc2cc(F)c(-c3cccc(OCc4cnc(-n5nnc6c5CCCC6)cc4Cl)n3)cc2F)nc2ccc(C(=O)OC(=O)c3ccc4nc(Cc5cc(F)c(-c6cccc(OCc7cnc(-n8nnc9c8CCCC9)cc7Cl)n6)cc5F)n(CCOC)c4c3)cc21. The molecule has 0 amide bonds. The lowest BCUT2D eigenvalue weighted by Crippen LogP contribution is -2.14. The Labute approximate surface area is 561 Å². The second kappa shape index (κ2) is 27.8. The second-order valence-corrected chi connectivity index (χ2v) is 24.2. The van der Waals surface area contributed by atoms with Crippen molar-refractivity contribution in [3.8, 4) is 45.9 Å². The Morgan fingerprint density at radius 2 is 0.948 bits per heavy atom. The summed E-state index contributed by atoms with van der Waals surface area (Å²) >= 11 is 13.4. The summed E-state index contributed by atoms with van der Waals surface area (Å²) in [6.45, 7) is 0.797. The van der Waals surface area contributed by atoms with Crippen LogP contribution in [0.3, 0.4) is 0 Å². The number of aryl methyl sites for hydroxylation is 2. The number of aromatic nitrogens is 14. The predicted octanol–water partition coefficient (Wildman–Crippen LogP) is 12.7. The van der Waals surface area contributed by atoms with E-state index in [1.165, 1.54) is 38.5 Å². The molecule has 21 nitrogen and oxygen atoms in total. The van der Waals surface area contributed by atoms with E-state index in [1.807, 2.05) is 0 Å². The van der Waals surface area contributed by atoms with E-state index in [4.69, 9.17) is 56.9 Å². The van der Waals surface area contributed by atoms with E-state index in [1.54, 1.807) is 91.6 Å². The number of hydrogen-bond donors (Lipinski definition) is 0. The van der Waals surface area contributed by atoms with E-state index in [0.717, 1.165) is 98.4 Å². The summed E-state index contributed by atoms with van der Waals surface area (Å²) in [6.07, 6.45) is 10.5. The van der Waals surface area contributed by atoms with Crippen molar-refractivity contribution in [3.05, 3.63) is 223 Å². The number of halogens is 6. The lowest BCUT2D eigenvalue weighted by molar-refractivity contribution is 0.0397. The van der Waals surface area contributed by atoms with E-state index in [-0.39, 0.29) is 109 Å². The molecule has 0 spiro atoms. The van der Waals surface area contributed by atoms with Gasteiger partial charge in [-0.3, -0.25) is 0 Å². The minimum Gasteiger partial charge on any atom is -0.473 e. The Morgan fingerprint density at radius 3 is 1.38 bits per heavy atom. The van der Waals surface area contributed by atoms with Crippen LogP contribution >= 0.6 is 23.2 Å². The highest BCUT2D eigenvalue weighted by molar-refractivity contribution is 6.31. The highest BCUT2D eigenvalue weighted by Crippen LogP contribution is 2.33. The maximum Gasteiger partial charge on any atom is 0.346 e. The third-order valence-corrected chi connectivity index (χ3v) is 17.9.